The maximum Gasteiger partial charge on any atom is 0.410 e. The van der Waals surface area contributed by atoms with E-state index < -0.39 is 27.5 Å². The summed E-state index contributed by atoms with van der Waals surface area (Å²) >= 11 is 0. The van der Waals surface area contributed by atoms with Gasteiger partial charge in [0.15, 0.2) is 5.65 Å². The number of halogens is 1. The zero-order chi connectivity index (χ0) is 30.2. The van der Waals surface area contributed by atoms with Gasteiger partial charge in [0.1, 0.15) is 17.2 Å². The number of aromatic nitrogens is 2. The third-order valence-corrected chi connectivity index (χ3v) is 8.72. The van der Waals surface area contributed by atoms with Gasteiger partial charge in [0, 0.05) is 23.7 Å². The van der Waals surface area contributed by atoms with E-state index in [0.717, 1.165) is 5.57 Å². The summed E-state index contributed by atoms with van der Waals surface area (Å²) in [6.07, 6.45) is 3.38. The number of amides is 1. The number of rotatable bonds is 6. The van der Waals surface area contributed by atoms with E-state index in [1.807, 2.05) is 39.8 Å². The van der Waals surface area contributed by atoms with Crippen molar-refractivity contribution in [3.8, 4) is 16.9 Å². The molecule has 1 amide bonds. The van der Waals surface area contributed by atoms with Crippen LogP contribution in [0.4, 0.5) is 9.18 Å². The molecule has 8 nitrogen and oxygen atoms in total. The van der Waals surface area contributed by atoms with E-state index in [2.05, 4.69) is 4.98 Å². The molecule has 2 aromatic heterocycles. The molecule has 0 aliphatic carbocycles. The van der Waals surface area contributed by atoms with Crippen molar-refractivity contribution in [2.24, 2.45) is 0 Å². The van der Waals surface area contributed by atoms with Gasteiger partial charge in [-0.2, -0.15) is 0 Å². The largest absolute Gasteiger partial charge is 0.496 e. The molecular formula is C32H34FN3O5S. The standard InChI is InChI=1S/C32H34FN3O5S/c1-21-17-23(14-16-35(21)31(37)41-32(2,3)4)28-19-27-25(26-18-24(33)11-12-29(26)40-5)13-15-34-30(27)36(28)42(38,39)20-22-9-7-6-8-10-22/h6-13,15,17-19,21H,14,16,20H2,1-5H3/t21-/m0/s1. The number of benzene rings is 2. The third kappa shape index (κ3) is 5.90. The van der Waals surface area contributed by atoms with Crippen LogP contribution < -0.4 is 4.74 Å². The number of methoxy groups -OCH3 is 1. The zero-order valence-corrected chi connectivity index (χ0v) is 25.1. The highest BCUT2D eigenvalue weighted by atomic mass is 32.2. The van der Waals surface area contributed by atoms with E-state index in [0.29, 0.717) is 46.5 Å². The van der Waals surface area contributed by atoms with Gasteiger partial charge in [-0.05, 0) is 81.1 Å². The van der Waals surface area contributed by atoms with Gasteiger partial charge in [0.05, 0.1) is 24.6 Å². The Bertz CT molecular complexity index is 1780. The van der Waals surface area contributed by atoms with Gasteiger partial charge in [-0.1, -0.05) is 36.4 Å². The average Bonchev–Trinajstić information content (AvgIpc) is 3.33. The second kappa shape index (κ2) is 11.2. The van der Waals surface area contributed by atoms with Crippen molar-refractivity contribution in [3.05, 3.63) is 90.0 Å². The minimum absolute atomic E-state index is 0.230. The first kappa shape index (κ1) is 29.3. The van der Waals surface area contributed by atoms with Crippen molar-refractivity contribution < 1.29 is 27.1 Å². The molecule has 0 saturated carbocycles. The van der Waals surface area contributed by atoms with Gasteiger partial charge in [-0.25, -0.2) is 26.6 Å². The predicted octanol–water partition coefficient (Wildman–Crippen LogP) is 6.64. The highest BCUT2D eigenvalue weighted by molar-refractivity contribution is 7.89. The Hall–Kier alpha value is -4.18. The van der Waals surface area contributed by atoms with Crippen LogP contribution in [0.1, 0.15) is 45.4 Å². The summed E-state index contributed by atoms with van der Waals surface area (Å²) in [5, 5.41) is 0.538. The second-order valence-corrected chi connectivity index (χ2v) is 13.2. The van der Waals surface area contributed by atoms with Gasteiger partial charge in [0.25, 0.3) is 0 Å². The smallest absolute Gasteiger partial charge is 0.410 e. The summed E-state index contributed by atoms with van der Waals surface area (Å²) in [5.41, 5.74) is 2.50. The molecule has 0 fully saturated rings. The molecule has 1 aliphatic rings. The molecule has 0 spiro atoms. The molecule has 3 heterocycles. The number of hydrogen-bond donors (Lipinski definition) is 0. The topological polar surface area (TPSA) is 90.7 Å². The number of ether oxygens (including phenoxy) is 2. The average molecular weight is 592 g/mol. The highest BCUT2D eigenvalue weighted by Gasteiger charge is 2.32. The molecular weight excluding hydrogens is 557 g/mol. The van der Waals surface area contributed by atoms with Gasteiger partial charge in [0.2, 0.25) is 10.0 Å². The second-order valence-electron chi connectivity index (χ2n) is 11.3. The van der Waals surface area contributed by atoms with Crippen LogP contribution in [0.25, 0.3) is 27.7 Å². The highest BCUT2D eigenvalue weighted by Crippen LogP contribution is 2.39. The lowest BCUT2D eigenvalue weighted by Crippen LogP contribution is -2.43. The fourth-order valence-corrected chi connectivity index (χ4v) is 6.88. The predicted molar refractivity (Wildman–Crippen MR) is 161 cm³/mol. The molecule has 1 aliphatic heterocycles. The summed E-state index contributed by atoms with van der Waals surface area (Å²) in [4.78, 5) is 19.0. The summed E-state index contributed by atoms with van der Waals surface area (Å²) in [6, 6.07) is 16.3. The molecule has 42 heavy (non-hydrogen) atoms. The zero-order valence-electron chi connectivity index (χ0n) is 24.3. The van der Waals surface area contributed by atoms with Crippen LogP contribution in [0.3, 0.4) is 0 Å². The molecule has 2 aromatic carbocycles. The third-order valence-electron chi connectivity index (χ3n) is 7.10. The normalized spacial score (nSPS) is 15.9. The molecule has 0 radical (unpaired) electrons. The van der Waals surface area contributed by atoms with Crippen molar-refractivity contribution in [2.45, 2.75) is 51.5 Å². The summed E-state index contributed by atoms with van der Waals surface area (Å²) in [7, 11) is -2.47. The Kier molecular flexibility index (Phi) is 7.85. The molecule has 10 heteroatoms. The lowest BCUT2D eigenvalue weighted by atomic mass is 9.99. The Balaban J connectivity index is 1.68. The lowest BCUT2D eigenvalue weighted by Gasteiger charge is -2.34. The molecule has 1 atom stereocenters. The molecule has 0 N–H and O–H groups in total. The van der Waals surface area contributed by atoms with Crippen LogP contribution in [0, 0.1) is 5.82 Å². The first-order chi connectivity index (χ1) is 19.9. The van der Waals surface area contributed by atoms with Crippen molar-refractivity contribution in [3.63, 3.8) is 0 Å². The summed E-state index contributed by atoms with van der Waals surface area (Å²) in [6.45, 7) is 7.66. The first-order valence-electron chi connectivity index (χ1n) is 13.7. The van der Waals surface area contributed by atoms with Gasteiger partial charge in [-0.15, -0.1) is 0 Å². The van der Waals surface area contributed by atoms with E-state index >= 15 is 0 Å². The Morgan fingerprint density at radius 1 is 1.07 bits per heavy atom. The Labute approximate surface area is 245 Å². The van der Waals surface area contributed by atoms with E-state index in [1.54, 1.807) is 41.3 Å². The van der Waals surface area contributed by atoms with Gasteiger partial charge >= 0.3 is 6.09 Å². The molecule has 0 saturated heterocycles. The molecule has 0 unspecified atom stereocenters. The molecule has 5 rings (SSSR count). The Morgan fingerprint density at radius 3 is 2.48 bits per heavy atom. The van der Waals surface area contributed by atoms with Gasteiger partial charge < -0.3 is 14.4 Å². The number of carbonyl (C=O) groups is 1. The molecule has 4 aromatic rings. The van der Waals surface area contributed by atoms with Crippen LogP contribution in [0.5, 0.6) is 5.75 Å². The summed E-state index contributed by atoms with van der Waals surface area (Å²) < 4.78 is 55.0. The number of pyridine rings is 1. The van der Waals surface area contributed by atoms with Crippen molar-refractivity contribution in [1.29, 1.82) is 0 Å². The number of hydrogen-bond acceptors (Lipinski definition) is 6. The lowest BCUT2D eigenvalue weighted by molar-refractivity contribution is 0.0209. The van der Waals surface area contributed by atoms with Crippen molar-refractivity contribution in [1.82, 2.24) is 13.9 Å². The molecule has 220 valence electrons. The number of carbonyl (C=O) groups excluding carboxylic acids is 1. The first-order valence-corrected chi connectivity index (χ1v) is 15.3. The maximum absolute atomic E-state index is 14.4. The molecule has 0 bridgehead atoms. The fraction of sp³-hybridized carbons (Fsp3) is 0.312. The van der Waals surface area contributed by atoms with Crippen LogP contribution in [0.2, 0.25) is 0 Å². The fourth-order valence-electron chi connectivity index (χ4n) is 5.26. The quantitative estimate of drug-likeness (QED) is 0.250. The minimum Gasteiger partial charge on any atom is -0.496 e. The van der Waals surface area contributed by atoms with Crippen LogP contribution in [0.15, 0.2) is 72.9 Å². The van der Waals surface area contributed by atoms with Crippen LogP contribution in [-0.4, -0.2) is 53.7 Å². The van der Waals surface area contributed by atoms with E-state index in [1.165, 1.54) is 35.5 Å². The van der Waals surface area contributed by atoms with Crippen molar-refractivity contribution in [2.75, 3.05) is 13.7 Å². The van der Waals surface area contributed by atoms with Crippen molar-refractivity contribution >= 4 is 32.7 Å². The Morgan fingerprint density at radius 2 is 1.81 bits per heavy atom. The van der Waals surface area contributed by atoms with E-state index in [4.69, 9.17) is 9.47 Å². The monoisotopic (exact) mass is 591 g/mol. The minimum atomic E-state index is -3.97. The van der Waals surface area contributed by atoms with E-state index in [9.17, 15) is 17.6 Å². The van der Waals surface area contributed by atoms with E-state index in [-0.39, 0.29) is 17.4 Å². The summed E-state index contributed by atoms with van der Waals surface area (Å²) in [5.74, 6) is -0.242. The van der Waals surface area contributed by atoms with Crippen LogP contribution in [-0.2, 0) is 20.5 Å². The van der Waals surface area contributed by atoms with Gasteiger partial charge in [-0.3, -0.25) is 0 Å². The maximum atomic E-state index is 14.4. The SMILES string of the molecule is COc1ccc(F)cc1-c1ccnc2c1cc(C1=C[C@H](C)N(C(=O)OC(C)(C)C)CC1)n2S(=O)(=O)Cc1ccccc1. The van der Waals surface area contributed by atoms with Crippen LogP contribution >= 0.6 is 0 Å². The number of nitrogens with zero attached hydrogens (tertiary/aromatic N) is 3. The number of fused-ring (bicyclic) bond motifs is 1.